The Kier molecular flexibility index (Phi) is 9.00. The summed E-state index contributed by atoms with van der Waals surface area (Å²) in [5.41, 5.74) is 4.50. The van der Waals surface area contributed by atoms with Gasteiger partial charge in [-0.3, -0.25) is 4.57 Å². The minimum atomic E-state index is -4.75. The molecule has 0 aliphatic heterocycles. The van der Waals surface area contributed by atoms with Crippen molar-refractivity contribution in [1.29, 1.82) is 0 Å². The molecule has 0 aliphatic carbocycles. The van der Waals surface area contributed by atoms with Crippen molar-refractivity contribution in [3.05, 3.63) is 107 Å². The van der Waals surface area contributed by atoms with Crippen LogP contribution in [0.5, 0.6) is 5.75 Å². The Hall–Kier alpha value is -4.71. The molecule has 0 radical (unpaired) electrons. The number of nitrogens with one attached hydrogen (secondary N) is 1. The van der Waals surface area contributed by atoms with Gasteiger partial charge in [-0.25, -0.2) is 14.5 Å². The maximum atomic E-state index is 12.9. The molecule has 0 bridgehead atoms. The molecule has 8 nitrogen and oxygen atoms in total. The molecule has 44 heavy (non-hydrogen) atoms. The lowest BCUT2D eigenvalue weighted by Gasteiger charge is -2.21. The van der Waals surface area contributed by atoms with E-state index in [4.69, 9.17) is 0 Å². The van der Waals surface area contributed by atoms with E-state index < -0.39 is 12.4 Å². The average molecular weight is 621 g/mol. The summed E-state index contributed by atoms with van der Waals surface area (Å²) in [5.74, 6) is 0.459. The van der Waals surface area contributed by atoms with Gasteiger partial charge in [0, 0.05) is 29.1 Å². The fourth-order valence-corrected chi connectivity index (χ4v) is 5.43. The number of aromatic nitrogens is 4. The number of amides is 2. The molecule has 5 aromatic rings. The summed E-state index contributed by atoms with van der Waals surface area (Å²) in [6, 6.07) is 20.6. The predicted octanol–water partition coefficient (Wildman–Crippen LogP) is 7.61. The topological polar surface area (TPSA) is 86.3 Å². The van der Waals surface area contributed by atoms with Crippen LogP contribution in [0, 0.1) is 0 Å². The molecule has 2 aromatic heterocycles. The van der Waals surface area contributed by atoms with Gasteiger partial charge in [-0.1, -0.05) is 63.2 Å². The van der Waals surface area contributed by atoms with Gasteiger partial charge < -0.3 is 10.1 Å². The molecule has 1 N–H and O–H groups in total. The summed E-state index contributed by atoms with van der Waals surface area (Å²) in [5, 5.41) is 9.38. The first kappa shape index (κ1) is 30.7. The number of carbonyl (C=O) groups is 1. The van der Waals surface area contributed by atoms with Gasteiger partial charge in [-0.05, 0) is 54.3 Å². The van der Waals surface area contributed by atoms with E-state index in [1.54, 1.807) is 0 Å². The van der Waals surface area contributed by atoms with Crippen molar-refractivity contribution in [3.63, 3.8) is 0 Å². The molecule has 3 aromatic carbocycles. The average Bonchev–Trinajstić information content (AvgIpc) is 3.67. The van der Waals surface area contributed by atoms with Crippen LogP contribution in [0.25, 0.3) is 22.8 Å². The molecule has 228 valence electrons. The summed E-state index contributed by atoms with van der Waals surface area (Å²) in [6.07, 6.45) is -1.34. The highest BCUT2D eigenvalue weighted by Gasteiger charge is 2.31. The number of nitrogens with zero attached hydrogens (tertiary/aromatic N) is 5. The Morgan fingerprint density at radius 2 is 1.68 bits per heavy atom. The number of carbonyl (C=O) groups excluding carboxylic acids is 1. The summed E-state index contributed by atoms with van der Waals surface area (Å²) < 4.78 is 44.6. The van der Waals surface area contributed by atoms with E-state index in [-0.39, 0.29) is 17.7 Å². The van der Waals surface area contributed by atoms with Crippen LogP contribution in [0.1, 0.15) is 50.7 Å². The van der Waals surface area contributed by atoms with Crippen molar-refractivity contribution in [2.45, 2.75) is 51.9 Å². The fourth-order valence-electron chi connectivity index (χ4n) is 4.71. The predicted molar refractivity (Wildman–Crippen MR) is 163 cm³/mol. The number of thiazole rings is 1. The zero-order chi connectivity index (χ0) is 31.4. The van der Waals surface area contributed by atoms with Gasteiger partial charge in [0.1, 0.15) is 12.1 Å². The monoisotopic (exact) mass is 620 g/mol. The highest BCUT2D eigenvalue weighted by Crippen LogP contribution is 2.26. The normalized spacial score (nSPS) is 13.6. The van der Waals surface area contributed by atoms with E-state index in [2.05, 4.69) is 45.0 Å². The fraction of sp³-hybridized carbons (Fsp3) is 0.250. The van der Waals surface area contributed by atoms with Crippen molar-refractivity contribution in [2.24, 2.45) is 4.99 Å². The third-order valence-electron chi connectivity index (χ3n) is 7.23. The van der Waals surface area contributed by atoms with Gasteiger partial charge in [0.15, 0.2) is 10.6 Å². The van der Waals surface area contributed by atoms with Crippen LogP contribution in [0.2, 0.25) is 0 Å². The van der Waals surface area contributed by atoms with Crippen molar-refractivity contribution >= 4 is 17.4 Å². The third-order valence-corrected chi connectivity index (χ3v) is 7.98. The number of hydrogen-bond donors (Lipinski definition) is 1. The lowest BCUT2D eigenvalue weighted by Crippen LogP contribution is -2.35. The number of hydrogen-bond acceptors (Lipinski definition) is 5. The molecule has 2 atom stereocenters. The van der Waals surface area contributed by atoms with Crippen LogP contribution >= 0.6 is 11.3 Å². The third kappa shape index (κ3) is 7.25. The molecule has 0 aliphatic rings. The Morgan fingerprint density at radius 3 is 2.36 bits per heavy atom. The molecule has 2 amide bonds. The van der Waals surface area contributed by atoms with E-state index in [9.17, 15) is 18.0 Å². The highest BCUT2D eigenvalue weighted by molar-refractivity contribution is 7.07. The molecular weight excluding hydrogens is 589 g/mol. The summed E-state index contributed by atoms with van der Waals surface area (Å²) in [4.78, 5) is 22.2. The maximum absolute atomic E-state index is 12.9. The lowest BCUT2D eigenvalue weighted by molar-refractivity contribution is -0.274. The summed E-state index contributed by atoms with van der Waals surface area (Å²) in [7, 11) is 0. The molecule has 0 saturated heterocycles. The smallest absolute Gasteiger partial charge is 0.406 e. The van der Waals surface area contributed by atoms with Crippen molar-refractivity contribution in [2.75, 3.05) is 0 Å². The van der Waals surface area contributed by atoms with Crippen LogP contribution in [0.15, 0.2) is 95.7 Å². The highest BCUT2D eigenvalue weighted by atomic mass is 32.1. The van der Waals surface area contributed by atoms with Gasteiger partial charge in [0.05, 0.1) is 11.4 Å². The first-order valence-corrected chi connectivity index (χ1v) is 14.9. The van der Waals surface area contributed by atoms with Crippen molar-refractivity contribution in [3.8, 4) is 28.5 Å². The standard InChI is InChI=1S/C32H31F3N6O2S/c1-20(2)27-7-5-6-8-28(27)40-17-18-44-31(40)38-30(42)37-22(4)21(3)23-9-11-24(12-10-23)29-36-19-41(39-29)25-13-15-26(16-14-25)43-32(33,34)35/h5-22H,1-4H3,(H,37,42)/b38-31-. The van der Waals surface area contributed by atoms with Crippen LogP contribution in [0.4, 0.5) is 18.0 Å². The molecule has 12 heteroatoms. The minimum absolute atomic E-state index is 0.0109. The van der Waals surface area contributed by atoms with Crippen molar-refractivity contribution < 1.29 is 22.7 Å². The van der Waals surface area contributed by atoms with Crippen LogP contribution in [-0.4, -0.2) is 37.8 Å². The molecule has 0 saturated carbocycles. The summed E-state index contributed by atoms with van der Waals surface area (Å²) >= 11 is 1.40. The zero-order valence-electron chi connectivity index (χ0n) is 24.5. The summed E-state index contributed by atoms with van der Waals surface area (Å²) in [6.45, 7) is 8.24. The van der Waals surface area contributed by atoms with Gasteiger partial charge in [-0.15, -0.1) is 29.6 Å². The maximum Gasteiger partial charge on any atom is 0.573 e. The Morgan fingerprint density at radius 1 is 0.977 bits per heavy atom. The number of rotatable bonds is 8. The zero-order valence-corrected chi connectivity index (χ0v) is 25.3. The van der Waals surface area contributed by atoms with E-state index in [0.29, 0.717) is 22.2 Å². The van der Waals surface area contributed by atoms with Crippen molar-refractivity contribution in [1.82, 2.24) is 24.6 Å². The Labute approximate surface area is 256 Å². The molecule has 5 rings (SSSR count). The molecular formula is C32H31F3N6O2S. The number of alkyl halides is 3. The number of halogens is 3. The van der Waals surface area contributed by atoms with Gasteiger partial charge >= 0.3 is 12.4 Å². The number of urea groups is 1. The molecule has 2 heterocycles. The van der Waals surface area contributed by atoms with Crippen LogP contribution in [0.3, 0.4) is 0 Å². The Balaban J connectivity index is 1.24. The second-order valence-corrected chi connectivity index (χ2v) is 11.5. The van der Waals surface area contributed by atoms with Gasteiger partial charge in [0.25, 0.3) is 0 Å². The first-order chi connectivity index (χ1) is 21.0. The largest absolute Gasteiger partial charge is 0.573 e. The molecule has 0 fully saturated rings. The minimum Gasteiger partial charge on any atom is -0.406 e. The number of para-hydroxylation sites is 1. The second-order valence-electron chi connectivity index (χ2n) is 10.6. The van der Waals surface area contributed by atoms with Gasteiger partial charge in [-0.2, -0.15) is 4.99 Å². The van der Waals surface area contributed by atoms with E-state index in [0.717, 1.165) is 16.8 Å². The quantitative estimate of drug-likeness (QED) is 0.194. The SMILES string of the molecule is CC(C)c1ccccc1-n1ccs/c1=N\C(=O)NC(C)C(C)c1ccc(-c2ncn(-c3ccc(OC(F)(F)F)cc3)n2)cc1. The van der Waals surface area contributed by atoms with Gasteiger partial charge in [0.2, 0.25) is 0 Å². The first-order valence-electron chi connectivity index (χ1n) is 14.0. The van der Waals surface area contributed by atoms with Crippen LogP contribution in [-0.2, 0) is 0 Å². The van der Waals surface area contributed by atoms with E-state index >= 15 is 0 Å². The van der Waals surface area contributed by atoms with E-state index in [1.807, 2.05) is 72.5 Å². The lowest BCUT2D eigenvalue weighted by atomic mass is 9.93. The number of ether oxygens (including phenoxy) is 1. The molecule has 2 unspecified atom stereocenters. The molecule has 0 spiro atoms. The second kappa shape index (κ2) is 12.9. The van der Waals surface area contributed by atoms with Crippen LogP contribution < -0.4 is 14.9 Å². The number of benzene rings is 3. The Bertz CT molecular complexity index is 1790. The van der Waals surface area contributed by atoms with E-state index in [1.165, 1.54) is 52.2 Å².